The van der Waals surface area contributed by atoms with Gasteiger partial charge in [-0.15, -0.1) is 0 Å². The number of amides is 2. The third-order valence-corrected chi connectivity index (χ3v) is 5.86. The van der Waals surface area contributed by atoms with Gasteiger partial charge in [0.2, 0.25) is 11.8 Å². The molecule has 9 nitrogen and oxygen atoms in total. The maximum Gasteiger partial charge on any atom is 0.259 e. The quantitative estimate of drug-likeness (QED) is 0.620. The second kappa shape index (κ2) is 11.8. The van der Waals surface area contributed by atoms with E-state index >= 15 is 0 Å². The van der Waals surface area contributed by atoms with Crippen LogP contribution in [0, 0.1) is 17.8 Å². The first-order valence-corrected chi connectivity index (χ1v) is 11.6. The molecule has 0 unspecified atom stereocenters. The zero-order valence-electron chi connectivity index (χ0n) is 20.9. The molecule has 3 heterocycles. The Bertz CT molecular complexity index is 1100. The van der Waals surface area contributed by atoms with Gasteiger partial charge in [-0.2, -0.15) is 0 Å². The molecule has 0 aliphatic carbocycles. The molecular formula is C26H33N5O4. The van der Waals surface area contributed by atoms with Crippen molar-refractivity contribution in [3.05, 3.63) is 53.5 Å². The number of nitrogens with zero attached hydrogens (tertiary/aromatic N) is 5. The lowest BCUT2D eigenvalue weighted by Crippen LogP contribution is -2.51. The number of ether oxygens (including phenoxy) is 1. The normalized spacial score (nSPS) is 18.5. The van der Waals surface area contributed by atoms with Gasteiger partial charge in [-0.25, -0.2) is 4.98 Å². The van der Waals surface area contributed by atoms with E-state index in [2.05, 4.69) is 21.8 Å². The standard InChI is InChI=1S/C26H33N5O4/c1-18-14-31(19(2)17-32)26(34)22-11-21(9-8-20-7-6-10-27-12-20)13-28-25(22)35-23(18)15-30(5)24(33)16-29(3)4/h6-7,10-13,18-19,23,32H,14-17H2,1-5H3/t18-,19+,23+/m1/s1. The molecule has 186 valence electrons. The Kier molecular flexibility index (Phi) is 8.79. The van der Waals surface area contributed by atoms with Gasteiger partial charge in [0.25, 0.3) is 5.91 Å². The number of carbonyl (C=O) groups excluding carboxylic acids is 2. The molecule has 2 aromatic heterocycles. The first-order chi connectivity index (χ1) is 16.7. The molecule has 1 N–H and O–H groups in total. The van der Waals surface area contributed by atoms with Crippen molar-refractivity contribution in [2.75, 3.05) is 47.4 Å². The molecular weight excluding hydrogens is 446 g/mol. The fourth-order valence-corrected chi connectivity index (χ4v) is 3.73. The highest BCUT2D eigenvalue weighted by Crippen LogP contribution is 2.27. The van der Waals surface area contributed by atoms with E-state index in [9.17, 15) is 14.7 Å². The van der Waals surface area contributed by atoms with Crippen LogP contribution < -0.4 is 4.74 Å². The van der Waals surface area contributed by atoms with Crippen LogP contribution in [0.3, 0.4) is 0 Å². The fraction of sp³-hybridized carbons (Fsp3) is 0.462. The topological polar surface area (TPSA) is 99.1 Å². The van der Waals surface area contributed by atoms with Crippen molar-refractivity contribution in [2.45, 2.75) is 26.0 Å². The predicted molar refractivity (Wildman–Crippen MR) is 132 cm³/mol. The molecule has 3 atom stereocenters. The SMILES string of the molecule is C[C@@H]1CN([C@@H](C)CO)C(=O)c2cc(C#Cc3cccnc3)cnc2O[C@H]1CN(C)C(=O)CN(C)C. The number of aliphatic hydroxyl groups excluding tert-OH is 1. The van der Waals surface area contributed by atoms with Crippen LogP contribution >= 0.6 is 0 Å². The van der Waals surface area contributed by atoms with Crippen molar-refractivity contribution in [3.8, 4) is 17.7 Å². The smallest absolute Gasteiger partial charge is 0.259 e. The summed E-state index contributed by atoms with van der Waals surface area (Å²) in [5.74, 6) is 5.83. The van der Waals surface area contributed by atoms with Crippen molar-refractivity contribution >= 4 is 11.8 Å². The zero-order chi connectivity index (χ0) is 25.5. The van der Waals surface area contributed by atoms with Gasteiger partial charge >= 0.3 is 0 Å². The number of pyridine rings is 2. The van der Waals surface area contributed by atoms with E-state index in [0.29, 0.717) is 18.7 Å². The number of aromatic nitrogens is 2. The van der Waals surface area contributed by atoms with E-state index in [1.54, 1.807) is 54.5 Å². The molecule has 0 aromatic carbocycles. The second-order valence-electron chi connectivity index (χ2n) is 9.20. The first-order valence-electron chi connectivity index (χ1n) is 11.6. The number of fused-ring (bicyclic) bond motifs is 1. The van der Waals surface area contributed by atoms with E-state index in [0.717, 1.165) is 5.56 Å². The van der Waals surface area contributed by atoms with Crippen LogP contribution in [0.4, 0.5) is 0 Å². The molecule has 0 fully saturated rings. The molecule has 0 bridgehead atoms. The predicted octanol–water partition coefficient (Wildman–Crippen LogP) is 1.12. The van der Waals surface area contributed by atoms with E-state index in [1.165, 1.54) is 0 Å². The summed E-state index contributed by atoms with van der Waals surface area (Å²) >= 11 is 0. The average Bonchev–Trinajstić information content (AvgIpc) is 2.84. The number of likely N-dealkylation sites (N-methyl/N-ethyl adjacent to an activating group) is 2. The molecule has 3 rings (SSSR count). The van der Waals surface area contributed by atoms with Crippen molar-refractivity contribution in [3.63, 3.8) is 0 Å². The molecule has 2 aromatic rings. The largest absolute Gasteiger partial charge is 0.472 e. The molecule has 9 heteroatoms. The lowest BCUT2D eigenvalue weighted by molar-refractivity contribution is -0.132. The van der Waals surface area contributed by atoms with Gasteiger partial charge in [0.05, 0.1) is 25.7 Å². The third kappa shape index (κ3) is 6.78. The Hall–Kier alpha value is -3.48. The van der Waals surface area contributed by atoms with Crippen molar-refractivity contribution in [1.82, 2.24) is 24.7 Å². The van der Waals surface area contributed by atoms with Crippen LogP contribution in [0.25, 0.3) is 0 Å². The van der Waals surface area contributed by atoms with E-state index in [4.69, 9.17) is 4.74 Å². The van der Waals surface area contributed by atoms with Gasteiger partial charge in [-0.1, -0.05) is 18.8 Å². The summed E-state index contributed by atoms with van der Waals surface area (Å²) in [6.07, 6.45) is 4.51. The fourth-order valence-electron chi connectivity index (χ4n) is 3.73. The molecule has 0 spiro atoms. The maximum atomic E-state index is 13.5. The molecule has 35 heavy (non-hydrogen) atoms. The van der Waals surface area contributed by atoms with Gasteiger partial charge in [0.15, 0.2) is 0 Å². The second-order valence-corrected chi connectivity index (χ2v) is 9.20. The molecule has 2 amide bonds. The average molecular weight is 480 g/mol. The summed E-state index contributed by atoms with van der Waals surface area (Å²) in [6, 6.07) is 4.92. The number of hydrogen-bond donors (Lipinski definition) is 1. The Morgan fingerprint density at radius 2 is 2.03 bits per heavy atom. The molecule has 0 saturated heterocycles. The van der Waals surface area contributed by atoms with Gasteiger partial charge in [-0.05, 0) is 39.2 Å². The van der Waals surface area contributed by atoms with E-state index in [1.807, 2.05) is 32.0 Å². The van der Waals surface area contributed by atoms with Gasteiger partial charge in [0, 0.05) is 49.2 Å². The third-order valence-electron chi connectivity index (χ3n) is 5.86. The number of hydrogen-bond acceptors (Lipinski definition) is 7. The highest BCUT2D eigenvalue weighted by atomic mass is 16.5. The summed E-state index contributed by atoms with van der Waals surface area (Å²) in [7, 11) is 5.43. The number of carbonyl (C=O) groups is 2. The Morgan fingerprint density at radius 3 is 2.69 bits per heavy atom. The van der Waals surface area contributed by atoms with Gasteiger partial charge in [-0.3, -0.25) is 14.6 Å². The minimum atomic E-state index is -0.397. The first kappa shape index (κ1) is 26.1. The Balaban J connectivity index is 1.95. The number of aliphatic hydroxyl groups is 1. The highest BCUT2D eigenvalue weighted by Gasteiger charge is 2.34. The molecule has 0 saturated carbocycles. The minimum absolute atomic E-state index is 0.0290. The van der Waals surface area contributed by atoms with Gasteiger partial charge in [0.1, 0.15) is 11.7 Å². The van der Waals surface area contributed by atoms with Crippen LogP contribution in [0.2, 0.25) is 0 Å². The van der Waals surface area contributed by atoms with E-state index < -0.39 is 12.1 Å². The molecule has 0 radical (unpaired) electrons. The summed E-state index contributed by atoms with van der Waals surface area (Å²) in [4.78, 5) is 39.6. The lowest BCUT2D eigenvalue weighted by atomic mass is 10.00. The highest BCUT2D eigenvalue weighted by molar-refractivity contribution is 5.97. The van der Waals surface area contributed by atoms with Crippen LogP contribution in [0.5, 0.6) is 5.88 Å². The Labute approximate surface area is 206 Å². The summed E-state index contributed by atoms with van der Waals surface area (Å²) < 4.78 is 6.24. The number of rotatable bonds is 6. The summed E-state index contributed by atoms with van der Waals surface area (Å²) in [6.45, 7) is 4.59. The zero-order valence-corrected chi connectivity index (χ0v) is 20.9. The van der Waals surface area contributed by atoms with Crippen molar-refractivity contribution < 1.29 is 19.4 Å². The van der Waals surface area contributed by atoms with Crippen molar-refractivity contribution in [1.29, 1.82) is 0 Å². The van der Waals surface area contributed by atoms with Crippen LogP contribution in [-0.4, -0.2) is 101 Å². The summed E-state index contributed by atoms with van der Waals surface area (Å²) in [5.41, 5.74) is 1.59. The van der Waals surface area contributed by atoms with Crippen LogP contribution in [-0.2, 0) is 4.79 Å². The summed E-state index contributed by atoms with van der Waals surface area (Å²) in [5, 5.41) is 9.81. The maximum absolute atomic E-state index is 13.5. The lowest BCUT2D eigenvalue weighted by Gasteiger charge is -2.37. The Morgan fingerprint density at radius 1 is 1.29 bits per heavy atom. The van der Waals surface area contributed by atoms with Crippen LogP contribution in [0.15, 0.2) is 36.8 Å². The molecule has 1 aliphatic rings. The van der Waals surface area contributed by atoms with Gasteiger partial charge < -0.3 is 24.5 Å². The van der Waals surface area contributed by atoms with Crippen LogP contribution in [0.1, 0.15) is 35.3 Å². The molecule has 1 aliphatic heterocycles. The van der Waals surface area contributed by atoms with Crippen molar-refractivity contribution in [2.24, 2.45) is 5.92 Å². The minimum Gasteiger partial charge on any atom is -0.472 e. The monoisotopic (exact) mass is 479 g/mol. The van der Waals surface area contributed by atoms with E-state index in [-0.39, 0.29) is 42.3 Å².